The Labute approximate surface area is 156 Å². The maximum Gasteiger partial charge on any atom is 0.258 e. The van der Waals surface area contributed by atoms with Gasteiger partial charge in [0.1, 0.15) is 11.5 Å². The zero-order chi connectivity index (χ0) is 18.4. The standard InChI is InChI=1S/C17H26BrN3O4/c1-12-15(16(18)13(2)25-12)17(23)21-8-6-20(7-9-21)11-14(22)19-5-4-10-24-3/h4-11H2,1-3H3,(H,19,22). The van der Waals surface area contributed by atoms with Gasteiger partial charge in [-0.2, -0.15) is 0 Å². The largest absolute Gasteiger partial charge is 0.465 e. The summed E-state index contributed by atoms with van der Waals surface area (Å²) >= 11 is 3.43. The predicted molar refractivity (Wildman–Crippen MR) is 97.7 cm³/mol. The number of halogens is 1. The van der Waals surface area contributed by atoms with Crippen molar-refractivity contribution in [2.45, 2.75) is 20.3 Å². The number of hydrogen-bond donors (Lipinski definition) is 1. The van der Waals surface area contributed by atoms with Crippen LogP contribution in [0.4, 0.5) is 0 Å². The van der Waals surface area contributed by atoms with E-state index in [0.29, 0.717) is 63.0 Å². The number of hydrogen-bond acceptors (Lipinski definition) is 5. The molecule has 1 saturated heterocycles. The fourth-order valence-electron chi connectivity index (χ4n) is 2.87. The van der Waals surface area contributed by atoms with Crippen molar-refractivity contribution < 1.29 is 18.7 Å². The number of aryl methyl sites for hydroxylation is 2. The lowest BCUT2D eigenvalue weighted by molar-refractivity contribution is -0.122. The van der Waals surface area contributed by atoms with Crippen molar-refractivity contribution in [1.29, 1.82) is 0 Å². The summed E-state index contributed by atoms with van der Waals surface area (Å²) in [6.45, 7) is 7.84. The van der Waals surface area contributed by atoms with E-state index in [0.717, 1.165) is 10.9 Å². The van der Waals surface area contributed by atoms with Crippen LogP contribution in [-0.4, -0.2) is 74.6 Å². The Balaban J connectivity index is 1.79. The number of rotatable bonds is 7. The van der Waals surface area contributed by atoms with E-state index in [4.69, 9.17) is 9.15 Å². The number of carbonyl (C=O) groups is 2. The first-order valence-corrected chi connectivity index (χ1v) is 9.26. The molecular weight excluding hydrogens is 390 g/mol. The number of furan rings is 1. The van der Waals surface area contributed by atoms with Gasteiger partial charge in [-0.3, -0.25) is 14.5 Å². The fraction of sp³-hybridized carbons (Fsp3) is 0.647. The molecule has 1 aromatic rings. The van der Waals surface area contributed by atoms with E-state index >= 15 is 0 Å². The van der Waals surface area contributed by atoms with Gasteiger partial charge in [0.2, 0.25) is 5.91 Å². The Bertz CT molecular complexity index is 609. The molecule has 1 fully saturated rings. The van der Waals surface area contributed by atoms with Gasteiger partial charge in [0.25, 0.3) is 5.91 Å². The van der Waals surface area contributed by atoms with Crippen LogP contribution >= 0.6 is 15.9 Å². The third kappa shape index (κ3) is 5.29. The third-order valence-corrected chi connectivity index (χ3v) is 5.23. The SMILES string of the molecule is COCCCNC(=O)CN1CCN(C(=O)c2c(C)oc(C)c2Br)CC1. The topological polar surface area (TPSA) is 75.0 Å². The van der Waals surface area contributed by atoms with Gasteiger partial charge in [0.15, 0.2) is 0 Å². The van der Waals surface area contributed by atoms with E-state index in [1.807, 2.05) is 11.8 Å². The lowest BCUT2D eigenvalue weighted by Gasteiger charge is -2.34. The third-order valence-electron chi connectivity index (χ3n) is 4.27. The molecule has 1 aliphatic heterocycles. The Morgan fingerprint density at radius 3 is 2.44 bits per heavy atom. The molecule has 7 nitrogen and oxygen atoms in total. The van der Waals surface area contributed by atoms with Crippen molar-refractivity contribution in [3.63, 3.8) is 0 Å². The summed E-state index contributed by atoms with van der Waals surface area (Å²) in [5.41, 5.74) is 0.599. The molecule has 1 aromatic heterocycles. The van der Waals surface area contributed by atoms with Crippen LogP contribution in [0.2, 0.25) is 0 Å². The molecule has 0 aliphatic carbocycles. The number of methoxy groups -OCH3 is 1. The van der Waals surface area contributed by atoms with Crippen molar-refractivity contribution in [2.24, 2.45) is 0 Å². The summed E-state index contributed by atoms with van der Waals surface area (Å²) in [4.78, 5) is 28.5. The minimum Gasteiger partial charge on any atom is -0.465 e. The molecule has 8 heteroatoms. The van der Waals surface area contributed by atoms with Crippen molar-refractivity contribution in [3.8, 4) is 0 Å². The van der Waals surface area contributed by atoms with Crippen LogP contribution in [0.15, 0.2) is 8.89 Å². The van der Waals surface area contributed by atoms with Crippen LogP contribution < -0.4 is 5.32 Å². The highest BCUT2D eigenvalue weighted by molar-refractivity contribution is 9.10. The van der Waals surface area contributed by atoms with E-state index in [1.54, 1.807) is 14.0 Å². The highest BCUT2D eigenvalue weighted by atomic mass is 79.9. The average molecular weight is 416 g/mol. The summed E-state index contributed by atoms with van der Waals surface area (Å²) in [7, 11) is 1.65. The Hall–Kier alpha value is -1.38. The van der Waals surface area contributed by atoms with Gasteiger partial charge in [0, 0.05) is 46.4 Å². The Morgan fingerprint density at radius 1 is 1.20 bits per heavy atom. The summed E-state index contributed by atoms with van der Waals surface area (Å²) in [6.07, 6.45) is 0.808. The molecule has 1 N–H and O–H groups in total. The zero-order valence-corrected chi connectivity index (χ0v) is 16.6. The molecule has 0 bridgehead atoms. The molecule has 1 aliphatic rings. The second-order valence-electron chi connectivity index (χ2n) is 6.17. The van der Waals surface area contributed by atoms with Gasteiger partial charge in [0.05, 0.1) is 16.6 Å². The average Bonchev–Trinajstić information content (AvgIpc) is 2.84. The summed E-state index contributed by atoms with van der Waals surface area (Å²) in [5, 5.41) is 2.88. The minimum atomic E-state index is -0.0232. The highest BCUT2D eigenvalue weighted by Crippen LogP contribution is 2.28. The molecule has 0 saturated carbocycles. The first-order valence-electron chi connectivity index (χ1n) is 8.46. The quantitative estimate of drug-likeness (QED) is 0.684. The first-order chi connectivity index (χ1) is 11.9. The maximum atomic E-state index is 12.7. The van der Waals surface area contributed by atoms with E-state index < -0.39 is 0 Å². The molecule has 0 aromatic carbocycles. The van der Waals surface area contributed by atoms with Crippen LogP contribution in [0.1, 0.15) is 28.3 Å². The lowest BCUT2D eigenvalue weighted by Crippen LogP contribution is -2.51. The number of nitrogens with zero attached hydrogens (tertiary/aromatic N) is 2. The molecular formula is C17H26BrN3O4. The van der Waals surface area contributed by atoms with Crippen LogP contribution in [0.3, 0.4) is 0 Å². The van der Waals surface area contributed by atoms with Crippen LogP contribution in [0.25, 0.3) is 0 Å². The molecule has 0 unspecified atom stereocenters. The highest BCUT2D eigenvalue weighted by Gasteiger charge is 2.28. The van der Waals surface area contributed by atoms with Gasteiger partial charge in [-0.15, -0.1) is 0 Å². The molecule has 0 spiro atoms. The van der Waals surface area contributed by atoms with Crippen LogP contribution in [0, 0.1) is 13.8 Å². The maximum absolute atomic E-state index is 12.7. The van der Waals surface area contributed by atoms with E-state index in [-0.39, 0.29) is 11.8 Å². The smallest absolute Gasteiger partial charge is 0.258 e. The molecule has 25 heavy (non-hydrogen) atoms. The second kappa shape index (κ2) is 9.35. The monoisotopic (exact) mass is 415 g/mol. The lowest BCUT2D eigenvalue weighted by atomic mass is 10.2. The number of carbonyl (C=O) groups excluding carboxylic acids is 2. The predicted octanol–water partition coefficient (Wildman–Crippen LogP) is 1.57. The molecule has 2 rings (SSSR count). The Kier molecular flexibility index (Phi) is 7.46. The molecule has 0 radical (unpaired) electrons. The van der Waals surface area contributed by atoms with Gasteiger partial charge >= 0.3 is 0 Å². The number of piperazine rings is 1. The van der Waals surface area contributed by atoms with Crippen LogP contribution in [-0.2, 0) is 9.53 Å². The van der Waals surface area contributed by atoms with Gasteiger partial charge < -0.3 is 19.4 Å². The van der Waals surface area contributed by atoms with Crippen molar-refractivity contribution in [2.75, 3.05) is 53.0 Å². The van der Waals surface area contributed by atoms with Crippen LogP contribution in [0.5, 0.6) is 0 Å². The normalized spacial score (nSPS) is 15.4. The number of ether oxygens (including phenoxy) is 1. The van der Waals surface area contributed by atoms with E-state index in [9.17, 15) is 9.59 Å². The van der Waals surface area contributed by atoms with Gasteiger partial charge in [-0.05, 0) is 36.2 Å². The Morgan fingerprint density at radius 2 is 1.88 bits per heavy atom. The molecule has 140 valence electrons. The fourth-order valence-corrected chi connectivity index (χ4v) is 3.40. The van der Waals surface area contributed by atoms with Gasteiger partial charge in [-0.1, -0.05) is 0 Å². The van der Waals surface area contributed by atoms with E-state index in [1.165, 1.54) is 0 Å². The number of amides is 2. The van der Waals surface area contributed by atoms with Crippen molar-refractivity contribution >= 4 is 27.7 Å². The number of nitrogens with one attached hydrogen (secondary N) is 1. The van der Waals surface area contributed by atoms with Crippen molar-refractivity contribution in [3.05, 3.63) is 21.6 Å². The second-order valence-corrected chi connectivity index (χ2v) is 6.96. The molecule has 2 amide bonds. The molecule has 2 heterocycles. The minimum absolute atomic E-state index is 0.0138. The first kappa shape index (κ1) is 19.9. The van der Waals surface area contributed by atoms with E-state index in [2.05, 4.69) is 26.1 Å². The molecule has 0 atom stereocenters. The van der Waals surface area contributed by atoms with Gasteiger partial charge in [-0.25, -0.2) is 0 Å². The summed E-state index contributed by atoms with van der Waals surface area (Å²) < 4.78 is 11.2. The van der Waals surface area contributed by atoms with Crippen molar-refractivity contribution in [1.82, 2.24) is 15.1 Å². The summed E-state index contributed by atoms with van der Waals surface area (Å²) in [6, 6.07) is 0. The summed E-state index contributed by atoms with van der Waals surface area (Å²) in [5.74, 6) is 1.33. The zero-order valence-electron chi connectivity index (χ0n) is 15.1.